The average molecular weight is 465 g/mol. The van der Waals surface area contributed by atoms with Crippen LogP contribution in [0.4, 0.5) is 4.39 Å². The Morgan fingerprint density at radius 3 is 2.52 bits per heavy atom. The number of aromatic nitrogens is 2. The molecule has 0 saturated heterocycles. The van der Waals surface area contributed by atoms with Crippen molar-refractivity contribution >= 4 is 17.6 Å². The lowest BCUT2D eigenvalue weighted by Gasteiger charge is -2.12. The van der Waals surface area contributed by atoms with Crippen LogP contribution in [-0.2, 0) is 4.79 Å². The molecule has 0 atom stereocenters. The third-order valence-corrected chi connectivity index (χ3v) is 5.43. The number of ether oxygens (including phenoxy) is 1. The molecule has 168 valence electrons. The number of carboxylic acid groups (broad SMARTS) is 1. The quantitative estimate of drug-likeness (QED) is 0.335. The molecule has 0 bridgehead atoms. The van der Waals surface area contributed by atoms with Gasteiger partial charge in [0.05, 0.1) is 17.1 Å². The lowest BCUT2D eigenvalue weighted by molar-refractivity contribution is -0.139. The Balaban J connectivity index is 1.91. The first-order chi connectivity index (χ1) is 15.8. The summed E-state index contributed by atoms with van der Waals surface area (Å²) in [5.41, 5.74) is 4.56. The lowest BCUT2D eigenvalue weighted by atomic mass is 9.98. The van der Waals surface area contributed by atoms with Gasteiger partial charge in [-0.1, -0.05) is 37.6 Å². The van der Waals surface area contributed by atoms with E-state index in [4.69, 9.17) is 26.5 Å². The Morgan fingerprint density at radius 1 is 1.09 bits per heavy atom. The van der Waals surface area contributed by atoms with Gasteiger partial charge in [0.25, 0.3) is 0 Å². The maximum atomic E-state index is 13.6. The number of carbonyl (C=O) groups is 1. The van der Waals surface area contributed by atoms with Crippen molar-refractivity contribution in [3.05, 3.63) is 89.2 Å². The third-order valence-electron chi connectivity index (χ3n) is 5.20. The highest BCUT2D eigenvalue weighted by atomic mass is 35.5. The SMILES string of the molecule is CC(C)c1ccc(OCC(=O)O)c(-c2cc(-c3ccc(F)cc3)n(-c3cccc(Cl)c3)n2)c1. The molecule has 3 aromatic carbocycles. The molecule has 5 nitrogen and oxygen atoms in total. The predicted octanol–water partition coefficient (Wildman–Crippen LogP) is 6.59. The van der Waals surface area contributed by atoms with Crippen molar-refractivity contribution < 1.29 is 19.0 Å². The molecule has 4 aromatic rings. The van der Waals surface area contributed by atoms with Crippen molar-refractivity contribution in [3.8, 4) is 34.0 Å². The van der Waals surface area contributed by atoms with E-state index in [1.807, 2.05) is 30.3 Å². The molecule has 33 heavy (non-hydrogen) atoms. The number of nitrogens with zero attached hydrogens (tertiary/aromatic N) is 2. The first kappa shape index (κ1) is 22.6. The Hall–Kier alpha value is -3.64. The summed E-state index contributed by atoms with van der Waals surface area (Å²) in [5, 5.41) is 14.5. The number of carboxylic acids is 1. The van der Waals surface area contributed by atoms with Crippen LogP contribution in [0.3, 0.4) is 0 Å². The van der Waals surface area contributed by atoms with E-state index in [-0.39, 0.29) is 11.7 Å². The number of rotatable bonds is 7. The zero-order valence-electron chi connectivity index (χ0n) is 18.1. The van der Waals surface area contributed by atoms with Gasteiger partial charge in [-0.3, -0.25) is 0 Å². The second-order valence-electron chi connectivity index (χ2n) is 7.91. The molecule has 4 rings (SSSR count). The number of hydrogen-bond acceptors (Lipinski definition) is 3. The summed E-state index contributed by atoms with van der Waals surface area (Å²) in [7, 11) is 0. The van der Waals surface area contributed by atoms with Crippen LogP contribution in [0.1, 0.15) is 25.3 Å². The summed E-state index contributed by atoms with van der Waals surface area (Å²) in [6.45, 7) is 3.69. The molecule has 0 spiro atoms. The second kappa shape index (κ2) is 9.46. The Kier molecular flexibility index (Phi) is 6.47. The summed E-state index contributed by atoms with van der Waals surface area (Å²) in [6, 6.07) is 20.9. The van der Waals surface area contributed by atoms with Gasteiger partial charge in [0.2, 0.25) is 0 Å². The summed E-state index contributed by atoms with van der Waals surface area (Å²) >= 11 is 6.22. The highest BCUT2D eigenvalue weighted by molar-refractivity contribution is 6.30. The maximum absolute atomic E-state index is 13.6. The number of halogens is 2. The van der Waals surface area contributed by atoms with Crippen molar-refractivity contribution in [2.75, 3.05) is 6.61 Å². The van der Waals surface area contributed by atoms with E-state index < -0.39 is 12.6 Å². The normalized spacial score (nSPS) is 11.1. The molecule has 0 aliphatic carbocycles. The molecule has 0 fully saturated rings. The topological polar surface area (TPSA) is 64.3 Å². The van der Waals surface area contributed by atoms with E-state index in [1.54, 1.807) is 35.0 Å². The van der Waals surface area contributed by atoms with Crippen LogP contribution in [0.2, 0.25) is 5.02 Å². The minimum atomic E-state index is -1.06. The largest absolute Gasteiger partial charge is 0.481 e. The number of aliphatic carboxylic acids is 1. The summed E-state index contributed by atoms with van der Waals surface area (Å²) in [5.74, 6) is -0.723. The molecule has 0 unspecified atom stereocenters. The van der Waals surface area contributed by atoms with Crippen molar-refractivity contribution in [2.45, 2.75) is 19.8 Å². The van der Waals surface area contributed by atoms with E-state index in [1.165, 1.54) is 12.1 Å². The fraction of sp³-hybridized carbons (Fsp3) is 0.154. The van der Waals surface area contributed by atoms with Gasteiger partial charge in [0.15, 0.2) is 6.61 Å². The lowest BCUT2D eigenvalue weighted by Crippen LogP contribution is -2.10. The van der Waals surface area contributed by atoms with Crippen molar-refractivity contribution in [3.63, 3.8) is 0 Å². The van der Waals surface area contributed by atoms with Crippen LogP contribution in [-0.4, -0.2) is 27.5 Å². The standard InChI is InChI=1S/C26H22ClFN2O3/c1-16(2)18-8-11-25(33-15-26(31)32)22(12-18)23-14-24(17-6-9-20(28)10-7-17)30(29-23)21-5-3-4-19(27)13-21/h3-14,16H,15H2,1-2H3,(H,31,32). The monoisotopic (exact) mass is 464 g/mol. The number of hydrogen-bond donors (Lipinski definition) is 1. The molecular weight excluding hydrogens is 443 g/mol. The first-order valence-corrected chi connectivity index (χ1v) is 10.8. The molecule has 0 aliphatic heterocycles. The molecule has 1 aromatic heterocycles. The van der Waals surface area contributed by atoms with E-state index >= 15 is 0 Å². The summed E-state index contributed by atoms with van der Waals surface area (Å²) < 4.78 is 20.9. The van der Waals surface area contributed by atoms with Gasteiger partial charge in [0, 0.05) is 16.1 Å². The van der Waals surface area contributed by atoms with Gasteiger partial charge in [-0.2, -0.15) is 5.10 Å². The van der Waals surface area contributed by atoms with Crippen LogP contribution >= 0.6 is 11.6 Å². The van der Waals surface area contributed by atoms with Gasteiger partial charge >= 0.3 is 5.97 Å². The second-order valence-corrected chi connectivity index (χ2v) is 8.34. The fourth-order valence-corrected chi connectivity index (χ4v) is 3.70. The number of benzene rings is 3. The van der Waals surface area contributed by atoms with Crippen LogP contribution in [0.25, 0.3) is 28.2 Å². The minimum Gasteiger partial charge on any atom is -0.481 e. The molecule has 0 amide bonds. The molecule has 0 saturated carbocycles. The zero-order chi connectivity index (χ0) is 23.5. The molecule has 1 N–H and O–H groups in total. The Morgan fingerprint density at radius 2 is 1.85 bits per heavy atom. The molecule has 0 radical (unpaired) electrons. The van der Waals surface area contributed by atoms with Crippen LogP contribution in [0, 0.1) is 5.82 Å². The third kappa shape index (κ3) is 5.07. The zero-order valence-corrected chi connectivity index (χ0v) is 18.9. The molecule has 7 heteroatoms. The first-order valence-electron chi connectivity index (χ1n) is 10.4. The van der Waals surface area contributed by atoms with Crippen LogP contribution in [0.5, 0.6) is 5.75 Å². The smallest absolute Gasteiger partial charge is 0.341 e. The average Bonchev–Trinajstić information content (AvgIpc) is 3.23. The van der Waals surface area contributed by atoms with Crippen molar-refractivity contribution in [2.24, 2.45) is 0 Å². The molecule has 1 heterocycles. The summed E-state index contributed by atoms with van der Waals surface area (Å²) in [4.78, 5) is 11.1. The van der Waals surface area contributed by atoms with Crippen molar-refractivity contribution in [1.29, 1.82) is 0 Å². The van der Waals surface area contributed by atoms with Gasteiger partial charge in [-0.05, 0) is 72.1 Å². The highest BCUT2D eigenvalue weighted by Gasteiger charge is 2.18. The van der Waals surface area contributed by atoms with Gasteiger partial charge in [0.1, 0.15) is 11.6 Å². The van der Waals surface area contributed by atoms with E-state index in [0.29, 0.717) is 22.0 Å². The van der Waals surface area contributed by atoms with E-state index in [0.717, 1.165) is 22.5 Å². The van der Waals surface area contributed by atoms with Crippen molar-refractivity contribution in [1.82, 2.24) is 9.78 Å². The molecule has 0 aliphatic rings. The van der Waals surface area contributed by atoms with Gasteiger partial charge < -0.3 is 9.84 Å². The van der Waals surface area contributed by atoms with Gasteiger partial charge in [-0.15, -0.1) is 0 Å². The van der Waals surface area contributed by atoms with E-state index in [2.05, 4.69) is 13.8 Å². The summed E-state index contributed by atoms with van der Waals surface area (Å²) in [6.07, 6.45) is 0. The van der Waals surface area contributed by atoms with Gasteiger partial charge in [-0.25, -0.2) is 13.9 Å². The van der Waals surface area contributed by atoms with Crippen LogP contribution in [0.15, 0.2) is 72.8 Å². The van der Waals surface area contributed by atoms with E-state index in [9.17, 15) is 9.18 Å². The maximum Gasteiger partial charge on any atom is 0.341 e. The van der Waals surface area contributed by atoms with Crippen LogP contribution < -0.4 is 4.74 Å². The highest BCUT2D eigenvalue weighted by Crippen LogP contribution is 2.36. The fourth-order valence-electron chi connectivity index (χ4n) is 3.52. The Bertz CT molecular complexity index is 1300. The molecular formula is C26H22ClFN2O3. The minimum absolute atomic E-state index is 0.254. The Labute approximate surface area is 196 Å². The predicted molar refractivity (Wildman–Crippen MR) is 127 cm³/mol.